The van der Waals surface area contributed by atoms with Crippen molar-refractivity contribution in [2.24, 2.45) is 0 Å². The molecule has 2 N–H and O–H groups in total. The van der Waals surface area contributed by atoms with Gasteiger partial charge in [-0.3, -0.25) is 9.78 Å². The largest absolute Gasteiger partial charge is 0.493 e. The molecule has 0 aliphatic carbocycles. The van der Waals surface area contributed by atoms with Gasteiger partial charge in [0, 0.05) is 36.4 Å². The summed E-state index contributed by atoms with van der Waals surface area (Å²) >= 11 is 0. The zero-order chi connectivity index (χ0) is 26.9. The number of carboxylic acids is 1. The first-order valence-electron chi connectivity index (χ1n) is 12.3. The highest BCUT2D eigenvalue weighted by Gasteiger charge is 2.18. The molecule has 1 atom stereocenters. The molecule has 38 heavy (non-hydrogen) atoms. The van der Waals surface area contributed by atoms with Gasteiger partial charge < -0.3 is 19.6 Å². The number of ether oxygens (including phenoxy) is 1. The predicted octanol–water partition coefficient (Wildman–Crippen LogP) is 5.04. The molecule has 0 saturated carbocycles. The van der Waals surface area contributed by atoms with E-state index in [0.29, 0.717) is 36.1 Å². The molecule has 0 saturated heterocycles. The summed E-state index contributed by atoms with van der Waals surface area (Å²) in [5.74, 6) is 0.728. The number of nitrogens with one attached hydrogen (secondary N) is 1. The van der Waals surface area contributed by atoms with E-state index in [-0.39, 0.29) is 12.2 Å². The van der Waals surface area contributed by atoms with E-state index in [0.717, 1.165) is 22.6 Å². The Bertz CT molecular complexity index is 1400. The van der Waals surface area contributed by atoms with Crippen molar-refractivity contribution < 1.29 is 23.8 Å². The van der Waals surface area contributed by atoms with Gasteiger partial charge in [0.2, 0.25) is 11.7 Å². The Labute approximate surface area is 221 Å². The minimum absolute atomic E-state index is 0.235. The van der Waals surface area contributed by atoms with Crippen molar-refractivity contribution in [1.82, 2.24) is 15.3 Å². The van der Waals surface area contributed by atoms with E-state index in [2.05, 4.69) is 15.3 Å². The first-order valence-corrected chi connectivity index (χ1v) is 12.3. The van der Waals surface area contributed by atoms with E-state index in [1.807, 2.05) is 61.5 Å². The number of aromatic nitrogens is 2. The molecule has 194 valence electrons. The highest BCUT2D eigenvalue weighted by atomic mass is 16.5. The Balaban J connectivity index is 1.30. The van der Waals surface area contributed by atoms with Crippen LogP contribution in [0.5, 0.6) is 5.75 Å². The SMILES string of the molecule is CC(=CC(=O)c1ccccn1)N[C@@H](Cc1ccc(OCCc2nc(-c3ccccc3)oc2C)cc1)C(=O)O. The number of hydrogen-bond donors (Lipinski definition) is 2. The average Bonchev–Trinajstić information content (AvgIpc) is 3.30. The van der Waals surface area contributed by atoms with Crippen LogP contribution in [0.3, 0.4) is 0 Å². The number of rotatable bonds is 12. The lowest BCUT2D eigenvalue weighted by Crippen LogP contribution is -2.37. The van der Waals surface area contributed by atoms with Crippen molar-refractivity contribution in [3.63, 3.8) is 0 Å². The summed E-state index contributed by atoms with van der Waals surface area (Å²) in [6.07, 6.45) is 3.72. The van der Waals surface area contributed by atoms with Crippen LogP contribution in [-0.2, 0) is 17.6 Å². The second-order valence-electron chi connectivity index (χ2n) is 8.78. The van der Waals surface area contributed by atoms with Crippen LogP contribution >= 0.6 is 0 Å². The summed E-state index contributed by atoms with van der Waals surface area (Å²) in [6.45, 7) is 3.98. The number of benzene rings is 2. The summed E-state index contributed by atoms with van der Waals surface area (Å²) in [5.41, 5.74) is 3.35. The van der Waals surface area contributed by atoms with Crippen LogP contribution in [0.1, 0.15) is 34.4 Å². The third-order valence-electron chi connectivity index (χ3n) is 5.85. The van der Waals surface area contributed by atoms with Gasteiger partial charge in [-0.15, -0.1) is 0 Å². The van der Waals surface area contributed by atoms with Crippen LogP contribution < -0.4 is 10.1 Å². The molecule has 0 spiro atoms. The van der Waals surface area contributed by atoms with Crippen LogP contribution in [0.2, 0.25) is 0 Å². The Morgan fingerprint density at radius 2 is 1.79 bits per heavy atom. The van der Waals surface area contributed by atoms with Crippen LogP contribution in [0.15, 0.2) is 95.2 Å². The molecule has 0 radical (unpaired) electrons. The predicted molar refractivity (Wildman–Crippen MR) is 143 cm³/mol. The fourth-order valence-corrected chi connectivity index (χ4v) is 3.88. The topological polar surface area (TPSA) is 115 Å². The second-order valence-corrected chi connectivity index (χ2v) is 8.78. The minimum Gasteiger partial charge on any atom is -0.493 e. The Kier molecular flexibility index (Phi) is 8.66. The van der Waals surface area contributed by atoms with Crippen molar-refractivity contribution in [1.29, 1.82) is 0 Å². The molecule has 0 fully saturated rings. The van der Waals surface area contributed by atoms with E-state index in [1.54, 1.807) is 25.1 Å². The lowest BCUT2D eigenvalue weighted by Gasteiger charge is -2.16. The van der Waals surface area contributed by atoms with E-state index >= 15 is 0 Å². The summed E-state index contributed by atoms with van der Waals surface area (Å²) in [4.78, 5) is 32.8. The molecule has 0 aliphatic rings. The molecular weight excluding hydrogens is 482 g/mol. The maximum absolute atomic E-state index is 12.3. The van der Waals surface area contributed by atoms with Gasteiger partial charge in [-0.05, 0) is 55.8 Å². The molecule has 8 nitrogen and oxygen atoms in total. The van der Waals surface area contributed by atoms with Gasteiger partial charge in [-0.1, -0.05) is 36.4 Å². The molecule has 0 amide bonds. The number of carbonyl (C=O) groups excluding carboxylic acids is 1. The highest BCUT2D eigenvalue weighted by Crippen LogP contribution is 2.22. The van der Waals surface area contributed by atoms with Crippen molar-refractivity contribution >= 4 is 11.8 Å². The van der Waals surface area contributed by atoms with Gasteiger partial charge in [0.15, 0.2) is 0 Å². The molecule has 0 bridgehead atoms. The fourth-order valence-electron chi connectivity index (χ4n) is 3.88. The van der Waals surface area contributed by atoms with Gasteiger partial charge in [0.25, 0.3) is 0 Å². The molecule has 2 aromatic carbocycles. The summed E-state index contributed by atoms with van der Waals surface area (Å²) in [6, 6.07) is 21.2. The molecule has 8 heteroatoms. The number of pyridine rings is 1. The van der Waals surface area contributed by atoms with Gasteiger partial charge in [-0.2, -0.15) is 0 Å². The molecular formula is C30H29N3O5. The lowest BCUT2D eigenvalue weighted by atomic mass is 10.1. The van der Waals surface area contributed by atoms with Crippen LogP contribution in [0.4, 0.5) is 0 Å². The Morgan fingerprint density at radius 1 is 1.05 bits per heavy atom. The standard InChI is InChI=1S/C30H29N3O5/c1-20(18-28(34)26-10-6-7-16-31-26)32-27(30(35)36)19-22-11-13-24(14-12-22)37-17-15-25-21(2)38-29(33-25)23-8-4-3-5-9-23/h3-14,16,18,27,32H,15,17,19H2,1-2H3,(H,35,36)/t27-/m0/s1. The lowest BCUT2D eigenvalue weighted by molar-refractivity contribution is -0.139. The number of ketones is 1. The zero-order valence-corrected chi connectivity index (χ0v) is 21.3. The van der Waals surface area contributed by atoms with Gasteiger partial charge in [-0.25, -0.2) is 9.78 Å². The van der Waals surface area contributed by atoms with Gasteiger partial charge >= 0.3 is 5.97 Å². The molecule has 2 heterocycles. The first kappa shape index (κ1) is 26.3. The van der Waals surface area contributed by atoms with Crippen molar-refractivity contribution in [3.05, 3.63) is 113 Å². The maximum atomic E-state index is 12.3. The van der Waals surface area contributed by atoms with E-state index in [9.17, 15) is 14.7 Å². The zero-order valence-electron chi connectivity index (χ0n) is 21.3. The third kappa shape index (κ3) is 7.16. The van der Waals surface area contributed by atoms with E-state index < -0.39 is 12.0 Å². The van der Waals surface area contributed by atoms with Gasteiger partial charge in [0.1, 0.15) is 23.2 Å². The van der Waals surface area contributed by atoms with Crippen molar-refractivity contribution in [3.8, 4) is 17.2 Å². The average molecular weight is 512 g/mol. The van der Waals surface area contributed by atoms with E-state index in [4.69, 9.17) is 9.15 Å². The number of oxazole rings is 1. The number of aryl methyl sites for hydroxylation is 1. The summed E-state index contributed by atoms with van der Waals surface area (Å²) in [5, 5.41) is 12.6. The fraction of sp³-hybridized carbons (Fsp3) is 0.200. The normalized spacial score (nSPS) is 12.1. The Morgan fingerprint density at radius 3 is 2.47 bits per heavy atom. The molecule has 2 aromatic heterocycles. The molecule has 4 aromatic rings. The summed E-state index contributed by atoms with van der Waals surface area (Å²) in [7, 11) is 0. The van der Waals surface area contributed by atoms with Crippen molar-refractivity contribution in [2.45, 2.75) is 32.7 Å². The number of carbonyl (C=O) groups is 2. The second kappa shape index (κ2) is 12.5. The van der Waals surface area contributed by atoms with Crippen LogP contribution in [0, 0.1) is 6.92 Å². The van der Waals surface area contributed by atoms with E-state index in [1.165, 1.54) is 12.3 Å². The number of allylic oxidation sites excluding steroid dienone is 2. The number of aliphatic carboxylic acids is 1. The number of hydrogen-bond acceptors (Lipinski definition) is 7. The van der Waals surface area contributed by atoms with Crippen LogP contribution in [0.25, 0.3) is 11.5 Å². The Hall–Kier alpha value is -4.72. The smallest absolute Gasteiger partial charge is 0.326 e. The maximum Gasteiger partial charge on any atom is 0.326 e. The highest BCUT2D eigenvalue weighted by molar-refractivity contribution is 6.03. The third-order valence-corrected chi connectivity index (χ3v) is 5.85. The minimum atomic E-state index is -1.01. The number of carboxylic acid groups (broad SMARTS) is 1. The van der Waals surface area contributed by atoms with Crippen LogP contribution in [-0.4, -0.2) is 39.5 Å². The quantitative estimate of drug-likeness (QED) is 0.201. The number of nitrogens with zero attached hydrogens (tertiary/aromatic N) is 2. The van der Waals surface area contributed by atoms with Gasteiger partial charge in [0.05, 0.1) is 12.3 Å². The first-order chi connectivity index (χ1) is 18.4. The molecule has 0 unspecified atom stereocenters. The molecule has 4 rings (SSSR count). The van der Waals surface area contributed by atoms with Crippen molar-refractivity contribution in [2.75, 3.05) is 6.61 Å². The monoisotopic (exact) mass is 511 g/mol. The summed E-state index contributed by atoms with van der Waals surface area (Å²) < 4.78 is 11.7. The molecule has 0 aliphatic heterocycles.